The summed E-state index contributed by atoms with van der Waals surface area (Å²) in [5.74, 6) is -1.07. The highest BCUT2D eigenvalue weighted by Gasteiger charge is 2.04. The zero-order chi connectivity index (χ0) is 12.8. The third-order valence-corrected chi connectivity index (χ3v) is 2.25. The van der Waals surface area contributed by atoms with Gasteiger partial charge in [0, 0.05) is 18.2 Å². The molecule has 0 bridgehead atoms. The van der Waals surface area contributed by atoms with Gasteiger partial charge in [-0.25, -0.2) is 9.48 Å². The summed E-state index contributed by atoms with van der Waals surface area (Å²) in [5.41, 5.74) is 0.809. The van der Waals surface area contributed by atoms with Crippen molar-refractivity contribution in [3.8, 4) is 0 Å². The van der Waals surface area contributed by atoms with Gasteiger partial charge in [0.15, 0.2) is 0 Å². The van der Waals surface area contributed by atoms with Crippen LogP contribution in [0.2, 0.25) is 0 Å². The van der Waals surface area contributed by atoms with E-state index in [1.54, 1.807) is 13.0 Å². The highest BCUT2D eigenvalue weighted by atomic mass is 16.4. The second-order valence-electron chi connectivity index (χ2n) is 3.79. The molecule has 0 saturated carbocycles. The molecule has 0 unspecified atom stereocenters. The number of carboxylic acid groups (broad SMARTS) is 1. The normalized spacial score (nSPS) is 10.9. The molecule has 17 heavy (non-hydrogen) atoms. The van der Waals surface area contributed by atoms with Gasteiger partial charge in [-0.3, -0.25) is 4.79 Å². The lowest BCUT2D eigenvalue weighted by Gasteiger charge is -2.05. The van der Waals surface area contributed by atoms with E-state index in [9.17, 15) is 9.59 Å². The summed E-state index contributed by atoms with van der Waals surface area (Å²) in [5, 5.41) is 12.7. The molecule has 0 fully saturated rings. The van der Waals surface area contributed by atoms with Crippen molar-refractivity contribution in [3.05, 3.63) is 33.8 Å². The van der Waals surface area contributed by atoms with E-state index in [1.807, 2.05) is 6.92 Å². The van der Waals surface area contributed by atoms with Crippen LogP contribution >= 0.6 is 0 Å². The van der Waals surface area contributed by atoms with Crippen molar-refractivity contribution < 1.29 is 9.90 Å². The van der Waals surface area contributed by atoms with Crippen LogP contribution < -0.4 is 5.56 Å². The number of nitrogens with zero attached hydrogens (tertiary/aromatic N) is 2. The molecular weight excluding hydrogens is 220 g/mol. The first-order chi connectivity index (χ1) is 8.04. The highest BCUT2D eigenvalue weighted by molar-refractivity contribution is 5.85. The molecule has 0 aliphatic rings. The van der Waals surface area contributed by atoms with E-state index in [1.165, 1.54) is 10.8 Å². The van der Waals surface area contributed by atoms with E-state index in [-0.39, 0.29) is 5.56 Å². The monoisotopic (exact) mass is 236 g/mol. The average molecular weight is 236 g/mol. The maximum Gasteiger partial charge on any atom is 0.328 e. The molecule has 0 radical (unpaired) electrons. The van der Waals surface area contributed by atoms with Crippen molar-refractivity contribution in [2.45, 2.75) is 33.2 Å². The molecule has 0 spiro atoms. The lowest BCUT2D eigenvalue weighted by molar-refractivity contribution is -0.131. The zero-order valence-corrected chi connectivity index (χ0v) is 10.0. The molecule has 0 saturated heterocycles. The minimum absolute atomic E-state index is 0.249. The van der Waals surface area contributed by atoms with Crippen LogP contribution in [0.3, 0.4) is 0 Å². The quantitative estimate of drug-likeness (QED) is 0.785. The Morgan fingerprint density at radius 2 is 2.29 bits per heavy atom. The largest absolute Gasteiger partial charge is 0.478 e. The number of hydrogen-bond acceptors (Lipinski definition) is 3. The number of aliphatic carboxylic acids is 1. The van der Waals surface area contributed by atoms with E-state index in [0.29, 0.717) is 17.8 Å². The summed E-state index contributed by atoms with van der Waals surface area (Å²) in [4.78, 5) is 22.3. The van der Waals surface area contributed by atoms with Crippen LogP contribution in [0, 0.1) is 6.92 Å². The summed E-state index contributed by atoms with van der Waals surface area (Å²) in [7, 11) is 0. The van der Waals surface area contributed by atoms with Crippen molar-refractivity contribution in [2.75, 3.05) is 0 Å². The fourth-order valence-corrected chi connectivity index (χ4v) is 1.44. The summed E-state index contributed by atoms with van der Waals surface area (Å²) < 4.78 is 1.39. The maximum atomic E-state index is 11.9. The number of unbranched alkanes of at least 4 members (excludes halogenated alkanes) is 1. The summed E-state index contributed by atoms with van der Waals surface area (Å²) in [6.07, 6.45) is 4.11. The van der Waals surface area contributed by atoms with E-state index in [2.05, 4.69) is 5.10 Å². The Kier molecular flexibility index (Phi) is 4.63. The number of hydrogen-bond donors (Lipinski definition) is 1. The molecule has 92 valence electrons. The first-order valence-corrected chi connectivity index (χ1v) is 5.54. The third kappa shape index (κ3) is 3.86. The van der Waals surface area contributed by atoms with Crippen LogP contribution in [-0.2, 0) is 11.3 Å². The van der Waals surface area contributed by atoms with Gasteiger partial charge in [-0.05, 0) is 25.5 Å². The minimum Gasteiger partial charge on any atom is -0.478 e. The van der Waals surface area contributed by atoms with Crippen LogP contribution in [0.15, 0.2) is 16.9 Å². The van der Waals surface area contributed by atoms with Gasteiger partial charge in [-0.1, -0.05) is 13.3 Å². The predicted molar refractivity (Wildman–Crippen MR) is 64.8 cm³/mol. The maximum absolute atomic E-state index is 11.9. The lowest BCUT2D eigenvalue weighted by Crippen LogP contribution is -2.25. The molecule has 5 nitrogen and oxygen atoms in total. The molecule has 1 aromatic heterocycles. The Hall–Kier alpha value is -1.91. The standard InChI is InChI=1S/C12H16N2O3/c1-3-4-7-14-12(17)10(5-6-11(15)16)8-9(2)13-14/h5-6,8H,3-4,7H2,1-2H3,(H,15,16)/b6-5+. The van der Waals surface area contributed by atoms with Crippen LogP contribution in [0.1, 0.15) is 31.0 Å². The van der Waals surface area contributed by atoms with Gasteiger partial charge in [0.2, 0.25) is 0 Å². The fourth-order valence-electron chi connectivity index (χ4n) is 1.44. The summed E-state index contributed by atoms with van der Waals surface area (Å²) in [6.45, 7) is 4.37. The third-order valence-electron chi connectivity index (χ3n) is 2.25. The van der Waals surface area contributed by atoms with Gasteiger partial charge in [-0.2, -0.15) is 5.10 Å². The number of aryl methyl sites for hydroxylation is 2. The number of rotatable bonds is 5. The lowest BCUT2D eigenvalue weighted by atomic mass is 10.2. The van der Waals surface area contributed by atoms with Crippen molar-refractivity contribution in [1.29, 1.82) is 0 Å². The van der Waals surface area contributed by atoms with Crippen molar-refractivity contribution in [1.82, 2.24) is 9.78 Å². The number of carbonyl (C=O) groups is 1. The van der Waals surface area contributed by atoms with E-state index < -0.39 is 5.97 Å². The first-order valence-electron chi connectivity index (χ1n) is 5.54. The molecule has 1 aromatic rings. The van der Waals surface area contributed by atoms with Gasteiger partial charge in [-0.15, -0.1) is 0 Å². The molecule has 0 atom stereocenters. The second kappa shape index (κ2) is 5.98. The SMILES string of the molecule is CCCCn1nc(C)cc(/C=C/C(=O)O)c1=O. The number of aromatic nitrogens is 2. The molecule has 0 aromatic carbocycles. The fraction of sp³-hybridized carbons (Fsp3) is 0.417. The second-order valence-corrected chi connectivity index (χ2v) is 3.79. The number of carboxylic acids is 1. The predicted octanol–water partition coefficient (Wildman–Crippen LogP) is 1.45. The average Bonchev–Trinajstić information content (AvgIpc) is 2.27. The topological polar surface area (TPSA) is 72.2 Å². The molecule has 0 aliphatic heterocycles. The molecule has 1 N–H and O–H groups in total. The van der Waals surface area contributed by atoms with Crippen molar-refractivity contribution in [2.24, 2.45) is 0 Å². The van der Waals surface area contributed by atoms with Gasteiger partial charge in [0.05, 0.1) is 5.69 Å². The summed E-state index contributed by atoms with van der Waals surface area (Å²) >= 11 is 0. The van der Waals surface area contributed by atoms with Crippen LogP contribution in [-0.4, -0.2) is 20.9 Å². The molecule has 5 heteroatoms. The van der Waals surface area contributed by atoms with Crippen molar-refractivity contribution >= 4 is 12.0 Å². The van der Waals surface area contributed by atoms with Crippen LogP contribution in [0.25, 0.3) is 6.08 Å². The molecule has 1 rings (SSSR count). The van der Waals surface area contributed by atoms with E-state index in [4.69, 9.17) is 5.11 Å². The Bertz CT molecular complexity index is 489. The smallest absolute Gasteiger partial charge is 0.328 e. The zero-order valence-electron chi connectivity index (χ0n) is 10.0. The van der Waals surface area contributed by atoms with E-state index >= 15 is 0 Å². The van der Waals surface area contributed by atoms with E-state index in [0.717, 1.165) is 18.9 Å². The van der Waals surface area contributed by atoms with Crippen LogP contribution in [0.4, 0.5) is 0 Å². The molecular formula is C12H16N2O3. The van der Waals surface area contributed by atoms with Crippen LogP contribution in [0.5, 0.6) is 0 Å². The van der Waals surface area contributed by atoms with Gasteiger partial charge in [0.1, 0.15) is 0 Å². The Balaban J connectivity index is 3.10. The Labute approximate surface area is 99.4 Å². The van der Waals surface area contributed by atoms with Crippen molar-refractivity contribution in [3.63, 3.8) is 0 Å². The molecule has 0 amide bonds. The minimum atomic E-state index is -1.07. The first kappa shape index (κ1) is 13.2. The molecule has 1 heterocycles. The Morgan fingerprint density at radius 3 is 2.88 bits per heavy atom. The van der Waals surface area contributed by atoms with Gasteiger partial charge < -0.3 is 5.11 Å². The summed E-state index contributed by atoms with van der Waals surface area (Å²) in [6, 6.07) is 1.59. The highest BCUT2D eigenvalue weighted by Crippen LogP contribution is 1.99. The van der Waals surface area contributed by atoms with Gasteiger partial charge in [0.25, 0.3) is 5.56 Å². The Morgan fingerprint density at radius 1 is 1.59 bits per heavy atom. The molecule has 0 aliphatic carbocycles. The van der Waals surface area contributed by atoms with Gasteiger partial charge >= 0.3 is 5.97 Å².